The minimum absolute atomic E-state index is 0.0344. The zero-order valence-corrected chi connectivity index (χ0v) is 13.9. The second-order valence-corrected chi connectivity index (χ2v) is 6.02. The Kier molecular flexibility index (Phi) is 4.53. The number of hydrogen-bond donors (Lipinski definition) is 0. The summed E-state index contributed by atoms with van der Waals surface area (Å²) in [6.45, 7) is 0. The quantitative estimate of drug-likeness (QED) is 0.331. The van der Waals surface area contributed by atoms with Gasteiger partial charge in [0.05, 0.1) is 0 Å². The molecule has 0 radical (unpaired) electrons. The fourth-order valence-corrected chi connectivity index (χ4v) is 2.43. The van der Waals surface area contributed by atoms with Gasteiger partial charge in [-0.3, -0.25) is 4.79 Å². The fourth-order valence-electron chi connectivity index (χ4n) is 2.07. The van der Waals surface area contributed by atoms with Gasteiger partial charge in [0.1, 0.15) is 11.5 Å². The third-order valence-corrected chi connectivity index (χ3v) is 3.93. The van der Waals surface area contributed by atoms with Crippen LogP contribution in [0.3, 0.4) is 0 Å². The molecule has 0 amide bonds. The summed E-state index contributed by atoms with van der Waals surface area (Å²) in [7, 11) is 0. The van der Waals surface area contributed by atoms with E-state index in [1.165, 1.54) is 9.65 Å². The standard InChI is InChI=1S/C19H13IO2/c20-16-8-6-15(7-9-16)19-13-11-17(22-19)10-12-18(21)14-4-2-1-3-5-14/h1-13H/b12-10+. The molecule has 22 heavy (non-hydrogen) atoms. The molecule has 0 aliphatic heterocycles. The van der Waals surface area contributed by atoms with E-state index in [1.807, 2.05) is 54.6 Å². The zero-order valence-electron chi connectivity index (χ0n) is 11.7. The lowest BCUT2D eigenvalue weighted by molar-refractivity contribution is 0.104. The van der Waals surface area contributed by atoms with Gasteiger partial charge in [0.15, 0.2) is 5.78 Å². The van der Waals surface area contributed by atoms with Crippen LogP contribution in [0.15, 0.2) is 77.2 Å². The molecule has 108 valence electrons. The van der Waals surface area contributed by atoms with Gasteiger partial charge in [-0.1, -0.05) is 42.5 Å². The molecule has 0 atom stereocenters. The van der Waals surface area contributed by atoms with Crippen molar-refractivity contribution in [2.75, 3.05) is 0 Å². The minimum Gasteiger partial charge on any atom is -0.457 e. The first-order chi connectivity index (χ1) is 10.7. The molecular weight excluding hydrogens is 387 g/mol. The topological polar surface area (TPSA) is 30.2 Å². The predicted molar refractivity (Wildman–Crippen MR) is 96.7 cm³/mol. The molecule has 2 nitrogen and oxygen atoms in total. The van der Waals surface area contributed by atoms with Gasteiger partial charge >= 0.3 is 0 Å². The van der Waals surface area contributed by atoms with Crippen LogP contribution in [0.2, 0.25) is 0 Å². The van der Waals surface area contributed by atoms with E-state index in [2.05, 4.69) is 22.6 Å². The molecule has 3 rings (SSSR count). The van der Waals surface area contributed by atoms with Crippen LogP contribution in [0, 0.1) is 3.57 Å². The molecule has 0 bridgehead atoms. The molecule has 2 aromatic carbocycles. The second kappa shape index (κ2) is 6.75. The van der Waals surface area contributed by atoms with Crippen molar-refractivity contribution in [1.82, 2.24) is 0 Å². The summed E-state index contributed by atoms with van der Waals surface area (Å²) in [6, 6.07) is 21.1. The van der Waals surface area contributed by atoms with E-state index < -0.39 is 0 Å². The molecular formula is C19H13IO2. The predicted octanol–water partition coefficient (Wildman–Crippen LogP) is 5.45. The first-order valence-corrected chi connectivity index (χ1v) is 7.93. The minimum atomic E-state index is -0.0344. The number of benzene rings is 2. The Labute approximate surface area is 142 Å². The Bertz CT molecular complexity index is 799. The van der Waals surface area contributed by atoms with Crippen LogP contribution in [-0.4, -0.2) is 5.78 Å². The Morgan fingerprint density at radius 2 is 1.64 bits per heavy atom. The third kappa shape index (κ3) is 3.54. The van der Waals surface area contributed by atoms with E-state index in [-0.39, 0.29) is 5.78 Å². The van der Waals surface area contributed by atoms with E-state index in [1.54, 1.807) is 18.2 Å². The van der Waals surface area contributed by atoms with Gasteiger partial charge in [0.2, 0.25) is 0 Å². The number of carbonyl (C=O) groups is 1. The van der Waals surface area contributed by atoms with Gasteiger partial charge in [-0.15, -0.1) is 0 Å². The van der Waals surface area contributed by atoms with Gasteiger partial charge in [0, 0.05) is 14.7 Å². The number of carbonyl (C=O) groups excluding carboxylic acids is 1. The highest BCUT2D eigenvalue weighted by Gasteiger charge is 2.04. The smallest absolute Gasteiger partial charge is 0.185 e. The SMILES string of the molecule is O=C(/C=C/c1ccc(-c2ccc(I)cc2)o1)c1ccccc1. The summed E-state index contributed by atoms with van der Waals surface area (Å²) in [6.07, 6.45) is 3.23. The van der Waals surface area contributed by atoms with Crippen LogP contribution in [0.4, 0.5) is 0 Å². The van der Waals surface area contributed by atoms with Crippen molar-refractivity contribution in [1.29, 1.82) is 0 Å². The summed E-state index contributed by atoms with van der Waals surface area (Å²) < 4.78 is 6.94. The highest BCUT2D eigenvalue weighted by molar-refractivity contribution is 14.1. The number of allylic oxidation sites excluding steroid dienone is 1. The summed E-state index contributed by atoms with van der Waals surface area (Å²) in [5.74, 6) is 1.42. The summed E-state index contributed by atoms with van der Waals surface area (Å²) in [4.78, 5) is 12.0. The zero-order chi connectivity index (χ0) is 15.4. The van der Waals surface area contributed by atoms with Crippen molar-refractivity contribution in [3.8, 4) is 11.3 Å². The lowest BCUT2D eigenvalue weighted by Gasteiger charge is -1.96. The maximum atomic E-state index is 12.0. The fraction of sp³-hybridized carbons (Fsp3) is 0. The van der Waals surface area contributed by atoms with Crippen molar-refractivity contribution in [3.05, 3.63) is 87.7 Å². The third-order valence-electron chi connectivity index (χ3n) is 3.21. The van der Waals surface area contributed by atoms with Gasteiger partial charge < -0.3 is 4.42 Å². The maximum absolute atomic E-state index is 12.0. The van der Waals surface area contributed by atoms with E-state index in [0.717, 1.165) is 11.3 Å². The molecule has 0 aliphatic carbocycles. The van der Waals surface area contributed by atoms with Crippen LogP contribution in [0.5, 0.6) is 0 Å². The Morgan fingerprint density at radius 1 is 0.909 bits per heavy atom. The Balaban J connectivity index is 1.75. The van der Waals surface area contributed by atoms with Crippen LogP contribution >= 0.6 is 22.6 Å². The van der Waals surface area contributed by atoms with Crippen molar-refractivity contribution in [3.63, 3.8) is 0 Å². The molecule has 0 saturated heterocycles. The Morgan fingerprint density at radius 3 is 2.36 bits per heavy atom. The van der Waals surface area contributed by atoms with Crippen molar-refractivity contribution in [2.45, 2.75) is 0 Å². The number of hydrogen-bond acceptors (Lipinski definition) is 2. The number of furan rings is 1. The molecule has 0 fully saturated rings. The first kappa shape index (κ1) is 14.8. The van der Waals surface area contributed by atoms with Crippen LogP contribution < -0.4 is 0 Å². The number of halogens is 1. The molecule has 0 spiro atoms. The van der Waals surface area contributed by atoms with Gasteiger partial charge in [-0.25, -0.2) is 0 Å². The molecule has 3 aromatic rings. The monoisotopic (exact) mass is 400 g/mol. The van der Waals surface area contributed by atoms with Crippen LogP contribution in [-0.2, 0) is 0 Å². The second-order valence-electron chi connectivity index (χ2n) is 4.77. The van der Waals surface area contributed by atoms with Crippen molar-refractivity contribution in [2.24, 2.45) is 0 Å². The first-order valence-electron chi connectivity index (χ1n) is 6.85. The van der Waals surface area contributed by atoms with E-state index >= 15 is 0 Å². The highest BCUT2D eigenvalue weighted by Crippen LogP contribution is 2.23. The lowest BCUT2D eigenvalue weighted by Crippen LogP contribution is -1.92. The van der Waals surface area contributed by atoms with E-state index in [0.29, 0.717) is 11.3 Å². The molecule has 1 aromatic heterocycles. The highest BCUT2D eigenvalue weighted by atomic mass is 127. The average Bonchev–Trinajstić information content (AvgIpc) is 3.03. The van der Waals surface area contributed by atoms with Crippen LogP contribution in [0.1, 0.15) is 16.1 Å². The van der Waals surface area contributed by atoms with Gasteiger partial charge in [-0.05, 0) is 59.0 Å². The molecule has 0 N–H and O–H groups in total. The molecule has 0 unspecified atom stereocenters. The van der Waals surface area contributed by atoms with Crippen molar-refractivity contribution >= 4 is 34.5 Å². The molecule has 1 heterocycles. The van der Waals surface area contributed by atoms with E-state index in [4.69, 9.17) is 4.42 Å². The summed E-state index contributed by atoms with van der Waals surface area (Å²) in [5.41, 5.74) is 1.69. The number of ketones is 1. The summed E-state index contributed by atoms with van der Waals surface area (Å²) >= 11 is 2.27. The number of rotatable bonds is 4. The summed E-state index contributed by atoms with van der Waals surface area (Å²) in [5, 5.41) is 0. The van der Waals surface area contributed by atoms with E-state index in [9.17, 15) is 4.79 Å². The maximum Gasteiger partial charge on any atom is 0.185 e. The normalized spacial score (nSPS) is 11.0. The van der Waals surface area contributed by atoms with Gasteiger partial charge in [-0.2, -0.15) is 0 Å². The van der Waals surface area contributed by atoms with Crippen molar-refractivity contribution < 1.29 is 9.21 Å². The molecule has 0 aliphatic rings. The lowest BCUT2D eigenvalue weighted by atomic mass is 10.1. The Hall–Kier alpha value is -2.14. The molecule has 3 heteroatoms. The van der Waals surface area contributed by atoms with Gasteiger partial charge in [0.25, 0.3) is 0 Å². The average molecular weight is 400 g/mol. The molecule has 0 saturated carbocycles. The van der Waals surface area contributed by atoms with Crippen LogP contribution in [0.25, 0.3) is 17.4 Å². The largest absolute Gasteiger partial charge is 0.457 e.